The van der Waals surface area contributed by atoms with Crippen LogP contribution in [0.5, 0.6) is 0 Å². The zero-order chi connectivity index (χ0) is 33.9. The molecule has 4 aromatic carbocycles. The number of urea groups is 1. The Labute approximate surface area is 283 Å². The monoisotopic (exact) mass is 670 g/mol. The predicted molar refractivity (Wildman–Crippen MR) is 181 cm³/mol. The van der Waals surface area contributed by atoms with E-state index in [2.05, 4.69) is 10.6 Å². The SMILES string of the molecule is CCOC(=O)CNC(=O)NCc1cccc(-c2cccc(C3OC(CSc4ccccc4C(=O)O)CC(c4ccc(CO)cc4)O3)c2)c1. The maximum atomic E-state index is 12.2. The molecule has 0 bridgehead atoms. The van der Waals surface area contributed by atoms with Crippen molar-refractivity contribution < 1.29 is 38.8 Å². The lowest BCUT2D eigenvalue weighted by molar-refractivity contribution is -0.245. The second-order valence-corrected chi connectivity index (χ2v) is 12.2. The number of rotatable bonds is 13. The maximum absolute atomic E-state index is 12.2. The Balaban J connectivity index is 1.32. The van der Waals surface area contributed by atoms with Crippen molar-refractivity contribution in [2.24, 2.45) is 0 Å². The normalized spacial score (nSPS) is 17.3. The summed E-state index contributed by atoms with van der Waals surface area (Å²) >= 11 is 1.45. The smallest absolute Gasteiger partial charge is 0.336 e. The van der Waals surface area contributed by atoms with Crippen molar-refractivity contribution >= 4 is 29.7 Å². The van der Waals surface area contributed by atoms with Gasteiger partial charge in [-0.15, -0.1) is 11.8 Å². The van der Waals surface area contributed by atoms with Gasteiger partial charge in [-0.05, 0) is 59.0 Å². The van der Waals surface area contributed by atoms with Crippen molar-refractivity contribution in [3.63, 3.8) is 0 Å². The van der Waals surface area contributed by atoms with Crippen LogP contribution in [0.15, 0.2) is 102 Å². The molecule has 4 N–H and O–H groups in total. The summed E-state index contributed by atoms with van der Waals surface area (Å²) in [6, 6.07) is 29.8. The second kappa shape index (κ2) is 16.9. The molecule has 4 aromatic rings. The Morgan fingerprint density at radius 1 is 0.854 bits per heavy atom. The molecule has 5 rings (SSSR count). The summed E-state index contributed by atoms with van der Waals surface area (Å²) in [6.07, 6.45) is -0.648. The van der Waals surface area contributed by atoms with E-state index in [1.54, 1.807) is 25.1 Å². The van der Waals surface area contributed by atoms with Gasteiger partial charge in [-0.2, -0.15) is 0 Å². The van der Waals surface area contributed by atoms with Crippen molar-refractivity contribution in [3.8, 4) is 11.1 Å². The van der Waals surface area contributed by atoms with Crippen LogP contribution in [0, 0.1) is 0 Å². The minimum Gasteiger partial charge on any atom is -0.478 e. The van der Waals surface area contributed by atoms with Gasteiger partial charge in [0, 0.05) is 29.2 Å². The predicted octanol–water partition coefficient (Wildman–Crippen LogP) is 6.24. The third kappa shape index (κ3) is 9.45. The maximum Gasteiger partial charge on any atom is 0.336 e. The highest BCUT2D eigenvalue weighted by Gasteiger charge is 2.32. The zero-order valence-corrected chi connectivity index (χ0v) is 27.3. The van der Waals surface area contributed by atoms with Gasteiger partial charge in [0.25, 0.3) is 0 Å². The van der Waals surface area contributed by atoms with Crippen LogP contribution in [0.25, 0.3) is 11.1 Å². The van der Waals surface area contributed by atoms with E-state index in [-0.39, 0.29) is 44.1 Å². The molecule has 10 nitrogen and oxygen atoms in total. The highest BCUT2D eigenvalue weighted by atomic mass is 32.2. The van der Waals surface area contributed by atoms with E-state index in [0.29, 0.717) is 17.1 Å². The molecule has 0 aromatic heterocycles. The Kier molecular flexibility index (Phi) is 12.2. The lowest BCUT2D eigenvalue weighted by atomic mass is 9.99. The first-order valence-corrected chi connectivity index (χ1v) is 16.6. The number of carboxylic acids is 1. The summed E-state index contributed by atoms with van der Waals surface area (Å²) in [6.45, 7) is 1.96. The van der Waals surface area contributed by atoms with Gasteiger partial charge in [0.1, 0.15) is 6.54 Å². The van der Waals surface area contributed by atoms with Crippen LogP contribution >= 0.6 is 11.8 Å². The van der Waals surface area contributed by atoms with E-state index >= 15 is 0 Å². The lowest BCUT2D eigenvalue weighted by Crippen LogP contribution is -2.38. The van der Waals surface area contributed by atoms with Gasteiger partial charge in [-0.1, -0.05) is 72.8 Å². The van der Waals surface area contributed by atoms with Crippen molar-refractivity contribution in [1.29, 1.82) is 0 Å². The van der Waals surface area contributed by atoms with E-state index in [1.807, 2.05) is 78.9 Å². The molecule has 0 aliphatic carbocycles. The first-order valence-electron chi connectivity index (χ1n) is 15.6. The Hall–Kier alpha value is -4.68. The molecule has 0 spiro atoms. The van der Waals surface area contributed by atoms with Crippen molar-refractivity contribution in [2.75, 3.05) is 18.9 Å². The minimum atomic E-state index is -0.973. The average Bonchev–Trinajstić information content (AvgIpc) is 3.12. The molecule has 3 atom stereocenters. The zero-order valence-electron chi connectivity index (χ0n) is 26.5. The highest BCUT2D eigenvalue weighted by molar-refractivity contribution is 7.99. The summed E-state index contributed by atoms with van der Waals surface area (Å²) in [4.78, 5) is 36.1. The van der Waals surface area contributed by atoms with E-state index in [1.165, 1.54) is 11.8 Å². The molecule has 0 radical (unpaired) electrons. The molecule has 3 unspecified atom stereocenters. The topological polar surface area (TPSA) is 143 Å². The summed E-state index contributed by atoms with van der Waals surface area (Å²) in [5.74, 6) is -0.947. The number of benzene rings is 4. The molecule has 1 fully saturated rings. The summed E-state index contributed by atoms with van der Waals surface area (Å²) < 4.78 is 17.9. The number of carbonyl (C=O) groups excluding carboxylic acids is 2. The van der Waals surface area contributed by atoms with E-state index < -0.39 is 24.3 Å². The number of amides is 2. The number of carbonyl (C=O) groups is 3. The number of aromatic carboxylic acids is 1. The molecule has 250 valence electrons. The van der Waals surface area contributed by atoms with Gasteiger partial charge in [0.15, 0.2) is 6.29 Å². The van der Waals surface area contributed by atoms with Gasteiger partial charge >= 0.3 is 18.0 Å². The third-order valence-electron chi connectivity index (χ3n) is 7.73. The standard InChI is InChI=1S/C37H38N2O8S/c1-2-45-34(41)21-39-37(44)38-20-25-7-5-8-27(17-25)28-9-6-10-29(18-28)36-46-30(23-48-33-12-4-3-11-31(33)35(42)43)19-32(47-36)26-15-13-24(22-40)14-16-26/h3-18,30,32,36,40H,2,19-23H2,1H3,(H,42,43)(H2,38,39,44). The molecular formula is C37H38N2O8S. The first-order chi connectivity index (χ1) is 23.3. The summed E-state index contributed by atoms with van der Waals surface area (Å²) in [5, 5.41) is 24.4. The molecule has 48 heavy (non-hydrogen) atoms. The highest BCUT2D eigenvalue weighted by Crippen LogP contribution is 2.40. The van der Waals surface area contributed by atoms with Gasteiger partial charge < -0.3 is 35.1 Å². The van der Waals surface area contributed by atoms with Gasteiger partial charge in [-0.25, -0.2) is 9.59 Å². The second-order valence-electron chi connectivity index (χ2n) is 11.1. The molecule has 1 saturated heterocycles. The Bertz CT molecular complexity index is 1710. The summed E-state index contributed by atoms with van der Waals surface area (Å²) in [7, 11) is 0. The molecule has 1 aliphatic heterocycles. The number of aliphatic hydroxyl groups is 1. The lowest BCUT2D eigenvalue weighted by Gasteiger charge is -2.36. The fourth-order valence-corrected chi connectivity index (χ4v) is 6.38. The number of thioether (sulfide) groups is 1. The Morgan fingerprint density at radius 2 is 1.60 bits per heavy atom. The van der Waals surface area contributed by atoms with E-state index in [4.69, 9.17) is 14.2 Å². The van der Waals surface area contributed by atoms with Gasteiger partial charge in [0.05, 0.1) is 31.0 Å². The van der Waals surface area contributed by atoms with Crippen LogP contribution in [0.3, 0.4) is 0 Å². The molecule has 0 saturated carbocycles. The Morgan fingerprint density at radius 3 is 2.35 bits per heavy atom. The number of esters is 1. The van der Waals surface area contributed by atoms with Crippen LogP contribution in [0.4, 0.5) is 4.79 Å². The fourth-order valence-electron chi connectivity index (χ4n) is 5.31. The molecule has 11 heteroatoms. The molecule has 1 heterocycles. The van der Waals surface area contributed by atoms with Crippen molar-refractivity contribution in [3.05, 3.63) is 125 Å². The van der Waals surface area contributed by atoms with Crippen molar-refractivity contribution in [2.45, 2.75) is 49.9 Å². The minimum absolute atomic E-state index is 0.0491. The van der Waals surface area contributed by atoms with Crippen LogP contribution in [-0.4, -0.2) is 53.2 Å². The average molecular weight is 671 g/mol. The van der Waals surface area contributed by atoms with Crippen LogP contribution < -0.4 is 10.6 Å². The quantitative estimate of drug-likeness (QED) is 0.0960. The number of carboxylic acid groups (broad SMARTS) is 1. The van der Waals surface area contributed by atoms with Gasteiger partial charge in [0.2, 0.25) is 0 Å². The number of hydrogen-bond donors (Lipinski definition) is 4. The number of ether oxygens (including phenoxy) is 3. The van der Waals surface area contributed by atoms with E-state index in [0.717, 1.165) is 33.4 Å². The number of nitrogens with one attached hydrogen (secondary N) is 2. The van der Waals surface area contributed by atoms with E-state index in [9.17, 15) is 24.6 Å². The summed E-state index contributed by atoms with van der Waals surface area (Å²) in [5.41, 5.74) is 5.60. The number of hydrogen-bond acceptors (Lipinski definition) is 8. The molecule has 2 amide bonds. The van der Waals surface area contributed by atoms with Crippen molar-refractivity contribution in [1.82, 2.24) is 10.6 Å². The van der Waals surface area contributed by atoms with Crippen LogP contribution in [-0.2, 0) is 32.2 Å². The van der Waals surface area contributed by atoms with Crippen LogP contribution in [0.1, 0.15) is 58.4 Å². The molecule has 1 aliphatic rings. The third-order valence-corrected chi connectivity index (χ3v) is 8.93. The number of aliphatic hydroxyl groups excluding tert-OH is 1. The first kappa shape index (κ1) is 34.6. The van der Waals surface area contributed by atoms with Crippen LogP contribution in [0.2, 0.25) is 0 Å². The fraction of sp³-hybridized carbons (Fsp3) is 0.270. The van der Waals surface area contributed by atoms with Gasteiger partial charge in [-0.3, -0.25) is 4.79 Å². The largest absolute Gasteiger partial charge is 0.478 e. The molecular weight excluding hydrogens is 632 g/mol.